The van der Waals surface area contributed by atoms with Gasteiger partial charge in [0.15, 0.2) is 0 Å². The maximum absolute atomic E-state index is 13.0. The molecule has 11 heteroatoms. The first-order valence-electron chi connectivity index (χ1n) is 7.32. The third-order valence-corrected chi connectivity index (χ3v) is 4.06. The molecule has 0 saturated carbocycles. The first kappa shape index (κ1) is 21.0. The van der Waals surface area contributed by atoms with Crippen molar-refractivity contribution >= 4 is 17.7 Å². The van der Waals surface area contributed by atoms with E-state index in [4.69, 9.17) is 0 Å². The van der Waals surface area contributed by atoms with Crippen LogP contribution >= 0.6 is 11.8 Å². The second-order valence-corrected chi connectivity index (χ2v) is 6.27. The van der Waals surface area contributed by atoms with Crippen LogP contribution in [0.2, 0.25) is 0 Å². The van der Waals surface area contributed by atoms with Gasteiger partial charge in [0.05, 0.1) is 17.2 Å². The van der Waals surface area contributed by atoms with Crippen LogP contribution in [0.25, 0.3) is 0 Å². The van der Waals surface area contributed by atoms with E-state index in [0.717, 1.165) is 30.5 Å². The Morgan fingerprint density at radius 3 is 2.41 bits per heavy atom. The van der Waals surface area contributed by atoms with Gasteiger partial charge in [0.2, 0.25) is 0 Å². The number of aliphatic hydroxyl groups is 1. The fourth-order valence-corrected chi connectivity index (χ4v) is 2.80. The number of halogens is 6. The zero-order valence-corrected chi connectivity index (χ0v) is 14.1. The maximum atomic E-state index is 13.0. The molecular formula is C16H12F6N2O2S. The average molecular weight is 410 g/mol. The summed E-state index contributed by atoms with van der Waals surface area (Å²) >= 11 is -0.591. The molecule has 1 heterocycles. The highest BCUT2D eigenvalue weighted by atomic mass is 32.2. The average Bonchev–Trinajstić information content (AvgIpc) is 2.57. The summed E-state index contributed by atoms with van der Waals surface area (Å²) in [4.78, 5) is 15.6. The van der Waals surface area contributed by atoms with Gasteiger partial charge >= 0.3 is 11.7 Å². The van der Waals surface area contributed by atoms with Gasteiger partial charge in [-0.25, -0.2) is 4.98 Å². The van der Waals surface area contributed by atoms with Crippen LogP contribution in [0.4, 0.5) is 26.3 Å². The van der Waals surface area contributed by atoms with Crippen LogP contribution in [-0.4, -0.2) is 28.1 Å². The lowest BCUT2D eigenvalue weighted by atomic mass is 10.0. The molecule has 1 amide bonds. The van der Waals surface area contributed by atoms with Crippen LogP contribution < -0.4 is 5.32 Å². The summed E-state index contributed by atoms with van der Waals surface area (Å²) in [7, 11) is 0. The zero-order valence-electron chi connectivity index (χ0n) is 13.3. The summed E-state index contributed by atoms with van der Waals surface area (Å²) in [5.41, 5.74) is -6.60. The quantitative estimate of drug-likeness (QED) is 0.574. The number of aromatic nitrogens is 1. The number of amides is 1. The molecule has 0 spiro atoms. The van der Waals surface area contributed by atoms with Crippen LogP contribution in [0, 0.1) is 0 Å². The van der Waals surface area contributed by atoms with E-state index in [1.54, 1.807) is 0 Å². The monoisotopic (exact) mass is 410 g/mol. The van der Waals surface area contributed by atoms with Gasteiger partial charge in [-0.2, -0.15) is 26.3 Å². The number of pyridine rings is 1. The van der Waals surface area contributed by atoms with Gasteiger partial charge < -0.3 is 10.4 Å². The van der Waals surface area contributed by atoms with E-state index in [9.17, 15) is 36.2 Å². The Morgan fingerprint density at radius 2 is 1.78 bits per heavy atom. The Morgan fingerprint density at radius 1 is 1.11 bits per heavy atom. The lowest BCUT2D eigenvalue weighted by molar-refractivity contribution is -0.139. The molecule has 1 atom stereocenters. The van der Waals surface area contributed by atoms with E-state index in [2.05, 4.69) is 10.3 Å². The number of hydrogen-bond donors (Lipinski definition) is 2. The first-order valence-corrected chi connectivity index (χ1v) is 8.14. The zero-order chi connectivity index (χ0) is 20.2. The van der Waals surface area contributed by atoms with Crippen molar-refractivity contribution in [2.75, 3.05) is 6.54 Å². The van der Waals surface area contributed by atoms with Crippen molar-refractivity contribution in [3.8, 4) is 0 Å². The Hall–Kier alpha value is -2.27. The molecule has 0 aliphatic rings. The van der Waals surface area contributed by atoms with E-state index >= 15 is 0 Å². The summed E-state index contributed by atoms with van der Waals surface area (Å²) < 4.78 is 76.5. The van der Waals surface area contributed by atoms with Crippen molar-refractivity contribution < 1.29 is 36.2 Å². The molecule has 1 aromatic heterocycles. The Bertz CT molecular complexity index is 810. The van der Waals surface area contributed by atoms with Crippen molar-refractivity contribution in [2.45, 2.75) is 22.8 Å². The third kappa shape index (κ3) is 5.86. The molecule has 0 radical (unpaired) electrons. The van der Waals surface area contributed by atoms with Crippen LogP contribution in [0.15, 0.2) is 47.6 Å². The maximum Gasteiger partial charge on any atom is 0.447 e. The van der Waals surface area contributed by atoms with Gasteiger partial charge in [-0.05, 0) is 23.8 Å². The van der Waals surface area contributed by atoms with Gasteiger partial charge in [-0.1, -0.05) is 18.2 Å². The molecule has 146 valence electrons. The Labute approximate surface area is 153 Å². The number of nitrogens with zero attached hydrogens (tertiary/aromatic N) is 1. The van der Waals surface area contributed by atoms with Gasteiger partial charge in [-0.3, -0.25) is 4.79 Å². The van der Waals surface area contributed by atoms with E-state index in [1.165, 1.54) is 12.1 Å². The number of nitrogens with one attached hydrogen (secondary N) is 1. The molecule has 0 aliphatic carbocycles. The normalized spacial score (nSPS) is 13.3. The molecule has 0 fully saturated rings. The number of alkyl halides is 6. The number of aliphatic hydroxyl groups excluding tert-OH is 1. The lowest BCUT2D eigenvalue weighted by Gasteiger charge is -2.18. The molecule has 0 saturated heterocycles. The number of carbonyl (C=O) groups excluding carboxylic acids is 1. The van der Waals surface area contributed by atoms with Crippen LogP contribution in [0.5, 0.6) is 0 Å². The van der Waals surface area contributed by atoms with Crippen LogP contribution in [0.3, 0.4) is 0 Å². The first-order chi connectivity index (χ1) is 12.5. The van der Waals surface area contributed by atoms with Gasteiger partial charge in [0.1, 0.15) is 5.03 Å². The molecule has 2 N–H and O–H groups in total. The number of hydrogen-bond acceptors (Lipinski definition) is 4. The SMILES string of the molecule is O=C(NCC(O)c1ccccc1C(F)(F)F)c1cccnc1SC(F)(F)F. The highest BCUT2D eigenvalue weighted by molar-refractivity contribution is 8.00. The van der Waals surface area contributed by atoms with E-state index in [-0.39, 0.29) is 0 Å². The number of rotatable bonds is 5. The second kappa shape index (κ2) is 8.17. The molecular weight excluding hydrogens is 398 g/mol. The van der Waals surface area contributed by atoms with Gasteiger partial charge in [-0.15, -0.1) is 0 Å². The van der Waals surface area contributed by atoms with E-state index in [1.807, 2.05) is 0 Å². The second-order valence-electron chi connectivity index (χ2n) is 5.21. The standard InChI is InChI=1S/C16H12F6N2O2S/c17-15(18,19)11-6-2-1-4-9(11)12(25)8-24-13(26)10-5-3-7-23-14(10)27-16(20,21)22/h1-7,12,25H,8H2,(H,24,26). The topological polar surface area (TPSA) is 62.2 Å². The predicted molar refractivity (Wildman–Crippen MR) is 84.9 cm³/mol. The smallest absolute Gasteiger partial charge is 0.387 e. The summed E-state index contributed by atoms with van der Waals surface area (Å²) in [6, 6.07) is 6.59. The van der Waals surface area contributed by atoms with Crippen molar-refractivity contribution in [1.29, 1.82) is 0 Å². The highest BCUT2D eigenvalue weighted by Gasteiger charge is 2.35. The number of thioether (sulfide) groups is 1. The van der Waals surface area contributed by atoms with Crippen molar-refractivity contribution in [2.24, 2.45) is 0 Å². The third-order valence-electron chi connectivity index (χ3n) is 3.31. The van der Waals surface area contributed by atoms with Crippen LogP contribution in [0.1, 0.15) is 27.6 Å². The molecule has 2 aromatic rings. The molecule has 2 rings (SSSR count). The molecule has 0 bridgehead atoms. The number of carbonyl (C=O) groups is 1. The fraction of sp³-hybridized carbons (Fsp3) is 0.250. The fourth-order valence-electron chi connectivity index (χ4n) is 2.19. The Kier molecular flexibility index (Phi) is 6.37. The molecule has 27 heavy (non-hydrogen) atoms. The highest BCUT2D eigenvalue weighted by Crippen LogP contribution is 2.37. The summed E-state index contributed by atoms with van der Waals surface area (Å²) in [6.45, 7) is -0.628. The Balaban J connectivity index is 2.13. The summed E-state index contributed by atoms with van der Waals surface area (Å²) in [5.74, 6) is -1.00. The van der Waals surface area contributed by atoms with Crippen molar-refractivity contribution in [1.82, 2.24) is 10.3 Å². The molecule has 0 aliphatic heterocycles. The van der Waals surface area contributed by atoms with E-state index in [0.29, 0.717) is 0 Å². The molecule has 1 aromatic carbocycles. The van der Waals surface area contributed by atoms with Gasteiger partial charge in [0, 0.05) is 24.5 Å². The summed E-state index contributed by atoms with van der Waals surface area (Å²) in [5, 5.41) is 11.5. The van der Waals surface area contributed by atoms with Crippen LogP contribution in [-0.2, 0) is 6.18 Å². The van der Waals surface area contributed by atoms with Crippen molar-refractivity contribution in [3.05, 3.63) is 59.3 Å². The predicted octanol–water partition coefficient (Wildman–Crippen LogP) is 4.18. The largest absolute Gasteiger partial charge is 0.447 e. The van der Waals surface area contributed by atoms with Gasteiger partial charge in [0.25, 0.3) is 5.91 Å². The minimum absolute atomic E-state index is 0.406. The molecule has 4 nitrogen and oxygen atoms in total. The number of benzene rings is 1. The van der Waals surface area contributed by atoms with E-state index < -0.39 is 63.7 Å². The van der Waals surface area contributed by atoms with Crippen molar-refractivity contribution in [3.63, 3.8) is 0 Å². The summed E-state index contributed by atoms with van der Waals surface area (Å²) in [6.07, 6.45) is -5.34. The molecule has 1 unspecified atom stereocenters. The lowest BCUT2D eigenvalue weighted by Crippen LogP contribution is -2.30. The minimum Gasteiger partial charge on any atom is -0.387 e. The minimum atomic E-state index is -4.71.